The molecular weight excluding hydrogens is 345 g/mol. The predicted octanol–water partition coefficient (Wildman–Crippen LogP) is 2.04. The van der Waals surface area contributed by atoms with Crippen molar-refractivity contribution in [2.75, 3.05) is 13.1 Å². The van der Waals surface area contributed by atoms with Gasteiger partial charge in [-0.15, -0.1) is 25.6 Å². The van der Waals surface area contributed by atoms with Gasteiger partial charge < -0.3 is 10.1 Å². The van der Waals surface area contributed by atoms with Crippen LogP contribution < -0.4 is 14.8 Å². The van der Waals surface area contributed by atoms with Gasteiger partial charge in [-0.3, -0.25) is 0 Å². The first kappa shape index (κ1) is 19.0. The normalized spacial score (nSPS) is 19.3. The van der Waals surface area contributed by atoms with E-state index >= 15 is 0 Å². The zero-order chi connectivity index (χ0) is 15.5. The van der Waals surface area contributed by atoms with E-state index in [4.69, 9.17) is 0 Å². The van der Waals surface area contributed by atoms with E-state index < -0.39 is 27.0 Å². The SMILES string of the molecule is Cl.O=S(=O)(N[C@@H]1CCCNC1)c1ccccc1OC(F)(F)F. The molecule has 1 fully saturated rings. The molecule has 0 bridgehead atoms. The van der Waals surface area contributed by atoms with E-state index in [1.165, 1.54) is 12.1 Å². The molecule has 0 saturated carbocycles. The van der Waals surface area contributed by atoms with Crippen molar-refractivity contribution >= 4 is 22.4 Å². The number of alkyl halides is 3. The molecule has 1 aromatic rings. The Morgan fingerprint density at radius 3 is 2.55 bits per heavy atom. The van der Waals surface area contributed by atoms with Crippen molar-refractivity contribution in [1.82, 2.24) is 10.0 Å². The molecule has 0 amide bonds. The van der Waals surface area contributed by atoms with Crippen LogP contribution in [0.4, 0.5) is 13.2 Å². The number of halogens is 4. The lowest BCUT2D eigenvalue weighted by atomic mass is 10.1. The van der Waals surface area contributed by atoms with Crippen molar-refractivity contribution in [3.63, 3.8) is 0 Å². The first-order valence-corrected chi connectivity index (χ1v) is 7.84. The van der Waals surface area contributed by atoms with Gasteiger partial charge in [0.05, 0.1) is 0 Å². The van der Waals surface area contributed by atoms with Gasteiger partial charge in [0.2, 0.25) is 10.0 Å². The number of ether oxygens (including phenoxy) is 1. The van der Waals surface area contributed by atoms with Crippen LogP contribution in [0.15, 0.2) is 29.2 Å². The summed E-state index contributed by atoms with van der Waals surface area (Å²) in [4.78, 5) is -0.520. The summed E-state index contributed by atoms with van der Waals surface area (Å²) in [7, 11) is -4.08. The number of benzene rings is 1. The third kappa shape index (κ3) is 5.31. The van der Waals surface area contributed by atoms with Crippen molar-refractivity contribution in [3.8, 4) is 5.75 Å². The maximum absolute atomic E-state index is 12.3. The van der Waals surface area contributed by atoms with E-state index in [9.17, 15) is 21.6 Å². The minimum atomic E-state index is -4.95. The summed E-state index contributed by atoms with van der Waals surface area (Å²) in [6, 6.07) is 4.34. The fourth-order valence-corrected chi connectivity index (χ4v) is 3.52. The van der Waals surface area contributed by atoms with E-state index in [2.05, 4.69) is 14.8 Å². The first-order valence-electron chi connectivity index (χ1n) is 6.36. The Morgan fingerprint density at radius 1 is 1.27 bits per heavy atom. The maximum atomic E-state index is 12.3. The summed E-state index contributed by atoms with van der Waals surface area (Å²) < 4.78 is 67.6. The second kappa shape index (κ2) is 7.49. The number of sulfonamides is 1. The molecular formula is C12H16ClF3N2O3S. The molecule has 10 heteroatoms. The predicted molar refractivity (Wildman–Crippen MR) is 76.6 cm³/mol. The van der Waals surface area contributed by atoms with E-state index in [-0.39, 0.29) is 18.4 Å². The number of hydrogen-bond donors (Lipinski definition) is 2. The average Bonchev–Trinajstić information content (AvgIpc) is 2.38. The van der Waals surface area contributed by atoms with Crippen molar-refractivity contribution in [1.29, 1.82) is 0 Å². The topological polar surface area (TPSA) is 67.4 Å². The minimum Gasteiger partial charge on any atom is -0.404 e. The zero-order valence-electron chi connectivity index (χ0n) is 11.4. The fraction of sp³-hybridized carbons (Fsp3) is 0.500. The molecule has 1 atom stereocenters. The van der Waals surface area contributed by atoms with Gasteiger partial charge in [-0.05, 0) is 31.5 Å². The Balaban J connectivity index is 0.00000242. The molecule has 2 N–H and O–H groups in total. The van der Waals surface area contributed by atoms with Crippen LogP contribution in [0.25, 0.3) is 0 Å². The number of piperidine rings is 1. The van der Waals surface area contributed by atoms with Gasteiger partial charge in [0.25, 0.3) is 0 Å². The second-order valence-electron chi connectivity index (χ2n) is 4.66. The number of rotatable bonds is 4. The number of para-hydroxylation sites is 1. The maximum Gasteiger partial charge on any atom is 0.573 e. The largest absolute Gasteiger partial charge is 0.573 e. The van der Waals surface area contributed by atoms with Crippen molar-refractivity contribution in [2.24, 2.45) is 0 Å². The van der Waals surface area contributed by atoms with Crippen LogP contribution in [0.2, 0.25) is 0 Å². The molecule has 0 aromatic heterocycles. The molecule has 1 aliphatic rings. The van der Waals surface area contributed by atoms with Gasteiger partial charge in [-0.1, -0.05) is 12.1 Å². The highest BCUT2D eigenvalue weighted by atomic mass is 35.5. The first-order chi connectivity index (χ1) is 9.78. The summed E-state index contributed by atoms with van der Waals surface area (Å²) in [5.74, 6) is -0.735. The van der Waals surface area contributed by atoms with Crippen molar-refractivity contribution < 1.29 is 26.3 Å². The van der Waals surface area contributed by atoms with Gasteiger partial charge in [0.1, 0.15) is 10.6 Å². The lowest BCUT2D eigenvalue weighted by Crippen LogP contribution is -2.45. The molecule has 0 spiro atoms. The highest BCUT2D eigenvalue weighted by Gasteiger charge is 2.34. The Bertz CT molecular complexity index is 590. The van der Waals surface area contributed by atoms with Gasteiger partial charge in [-0.25, -0.2) is 13.1 Å². The second-order valence-corrected chi connectivity index (χ2v) is 6.34. The number of hydrogen-bond acceptors (Lipinski definition) is 4. The van der Waals surface area contributed by atoms with Gasteiger partial charge in [0, 0.05) is 12.6 Å². The Kier molecular flexibility index (Phi) is 6.48. The van der Waals surface area contributed by atoms with Crippen LogP contribution in [-0.2, 0) is 10.0 Å². The van der Waals surface area contributed by atoms with E-state index in [1.54, 1.807) is 0 Å². The highest BCUT2D eigenvalue weighted by molar-refractivity contribution is 7.89. The third-order valence-electron chi connectivity index (χ3n) is 2.98. The highest BCUT2D eigenvalue weighted by Crippen LogP contribution is 2.29. The summed E-state index contributed by atoms with van der Waals surface area (Å²) >= 11 is 0. The molecule has 22 heavy (non-hydrogen) atoms. The van der Waals surface area contributed by atoms with Crippen LogP contribution in [0.3, 0.4) is 0 Å². The van der Waals surface area contributed by atoms with Gasteiger partial charge in [0.15, 0.2) is 0 Å². The van der Waals surface area contributed by atoms with Crippen LogP contribution >= 0.6 is 12.4 Å². The smallest absolute Gasteiger partial charge is 0.404 e. The van der Waals surface area contributed by atoms with Crippen LogP contribution in [0.1, 0.15) is 12.8 Å². The summed E-state index contributed by atoms with van der Waals surface area (Å²) in [6.45, 7) is 1.24. The quantitative estimate of drug-likeness (QED) is 0.862. The minimum absolute atomic E-state index is 0. The van der Waals surface area contributed by atoms with Crippen LogP contribution in [-0.4, -0.2) is 33.9 Å². The molecule has 0 aliphatic carbocycles. The van der Waals surface area contributed by atoms with E-state index in [0.717, 1.165) is 25.1 Å². The summed E-state index contributed by atoms with van der Waals surface area (Å²) in [5.41, 5.74) is 0. The standard InChI is InChI=1S/C12H15F3N2O3S.ClH/c13-12(14,15)20-10-5-1-2-6-11(10)21(18,19)17-9-4-3-7-16-8-9;/h1-2,5-6,9,16-17H,3-4,7-8H2;1H/t9-;/m1./s1. The van der Waals surface area contributed by atoms with Crippen molar-refractivity contribution in [2.45, 2.75) is 30.1 Å². The van der Waals surface area contributed by atoms with E-state index in [0.29, 0.717) is 13.0 Å². The van der Waals surface area contributed by atoms with Gasteiger partial charge in [-0.2, -0.15) is 0 Å². The Labute approximate surface area is 132 Å². The fourth-order valence-electron chi connectivity index (χ4n) is 2.12. The summed E-state index contributed by atoms with van der Waals surface area (Å²) in [5, 5.41) is 3.02. The molecule has 1 aromatic carbocycles. The molecule has 1 saturated heterocycles. The molecule has 0 unspecified atom stereocenters. The van der Waals surface area contributed by atoms with Crippen LogP contribution in [0.5, 0.6) is 5.75 Å². The number of nitrogens with one attached hydrogen (secondary N) is 2. The monoisotopic (exact) mass is 360 g/mol. The molecule has 1 aliphatic heterocycles. The molecule has 5 nitrogen and oxygen atoms in total. The molecule has 126 valence electrons. The Hall–Kier alpha value is -1.03. The molecule has 0 radical (unpaired) electrons. The summed E-state index contributed by atoms with van der Waals surface area (Å²) in [6.07, 6.45) is -3.51. The Morgan fingerprint density at radius 2 is 1.95 bits per heavy atom. The van der Waals surface area contributed by atoms with Gasteiger partial charge >= 0.3 is 6.36 Å². The molecule has 1 heterocycles. The lowest BCUT2D eigenvalue weighted by Gasteiger charge is -2.24. The van der Waals surface area contributed by atoms with Crippen LogP contribution in [0, 0.1) is 0 Å². The third-order valence-corrected chi connectivity index (χ3v) is 4.54. The zero-order valence-corrected chi connectivity index (χ0v) is 13.0. The lowest BCUT2D eigenvalue weighted by molar-refractivity contribution is -0.275. The van der Waals surface area contributed by atoms with E-state index in [1.807, 2.05) is 0 Å². The average molecular weight is 361 g/mol. The molecule has 2 rings (SSSR count). The van der Waals surface area contributed by atoms with Crippen molar-refractivity contribution in [3.05, 3.63) is 24.3 Å².